The first-order chi connectivity index (χ1) is 15.2. The number of esters is 1. The molecular formula is C22H25F3N2O5S. The molecule has 0 saturated heterocycles. The Hall–Kier alpha value is -2.92. The molecule has 0 radical (unpaired) electrons. The molecule has 0 amide bonds. The van der Waals surface area contributed by atoms with Gasteiger partial charge in [-0.05, 0) is 44.5 Å². The van der Waals surface area contributed by atoms with Crippen molar-refractivity contribution in [2.75, 3.05) is 13.7 Å². The fraction of sp³-hybridized carbons (Fsp3) is 0.364. The van der Waals surface area contributed by atoms with Gasteiger partial charge < -0.3 is 9.30 Å². The second-order valence-electron chi connectivity index (χ2n) is 7.41. The first kappa shape index (κ1) is 26.3. The third-order valence-corrected chi connectivity index (χ3v) is 7.38. The van der Waals surface area contributed by atoms with E-state index in [-0.39, 0.29) is 17.8 Å². The third-order valence-electron chi connectivity index (χ3n) is 5.44. The lowest BCUT2D eigenvalue weighted by Gasteiger charge is -2.27. The fourth-order valence-corrected chi connectivity index (χ4v) is 5.24. The zero-order valence-electron chi connectivity index (χ0n) is 18.9. The van der Waals surface area contributed by atoms with Gasteiger partial charge >= 0.3 is 12.1 Å². The largest absolute Gasteiger partial charge is 0.464 e. The normalized spacial score (nSPS) is 13.1. The van der Waals surface area contributed by atoms with Gasteiger partial charge in [-0.2, -0.15) is 17.5 Å². The van der Waals surface area contributed by atoms with Crippen molar-refractivity contribution in [2.45, 2.75) is 37.9 Å². The Labute approximate surface area is 190 Å². The molecule has 180 valence electrons. The molecule has 2 aromatic rings. The summed E-state index contributed by atoms with van der Waals surface area (Å²) in [5.74, 6) is -1.28. The average molecular weight is 487 g/mol. The molecule has 1 unspecified atom stereocenters. The van der Waals surface area contributed by atoms with Crippen LogP contribution in [0.1, 0.15) is 44.6 Å². The molecule has 0 aliphatic rings. The monoisotopic (exact) mass is 486 g/mol. The Morgan fingerprint density at radius 1 is 1.27 bits per heavy atom. The molecule has 0 N–H and O–H groups in total. The number of alkyl halides is 3. The highest BCUT2D eigenvalue weighted by Crippen LogP contribution is 2.32. The van der Waals surface area contributed by atoms with E-state index in [1.807, 2.05) is 0 Å². The Morgan fingerprint density at radius 2 is 1.88 bits per heavy atom. The second-order valence-corrected chi connectivity index (χ2v) is 9.30. The quantitative estimate of drug-likeness (QED) is 0.321. The van der Waals surface area contributed by atoms with Crippen LogP contribution in [0.15, 0.2) is 41.8 Å². The van der Waals surface area contributed by atoms with Crippen LogP contribution < -0.4 is 0 Å². The van der Waals surface area contributed by atoms with Crippen molar-refractivity contribution >= 4 is 21.8 Å². The Morgan fingerprint density at radius 3 is 2.39 bits per heavy atom. The van der Waals surface area contributed by atoms with Gasteiger partial charge in [0.2, 0.25) is 10.0 Å². The van der Waals surface area contributed by atoms with E-state index in [2.05, 4.69) is 6.58 Å². The van der Waals surface area contributed by atoms with Gasteiger partial charge in [0.1, 0.15) is 5.69 Å². The number of carbonyl (C=O) groups excluding carboxylic acids is 2. The number of hydrogen-bond acceptors (Lipinski definition) is 5. The zero-order chi connectivity index (χ0) is 25.3. The van der Waals surface area contributed by atoms with Crippen LogP contribution in [0.25, 0.3) is 0 Å². The van der Waals surface area contributed by atoms with Crippen LogP contribution in [0, 0.1) is 13.8 Å². The van der Waals surface area contributed by atoms with Crippen molar-refractivity contribution in [3.63, 3.8) is 0 Å². The highest BCUT2D eigenvalue weighted by molar-refractivity contribution is 7.89. The van der Waals surface area contributed by atoms with Crippen LogP contribution in [-0.2, 0) is 28.0 Å². The van der Waals surface area contributed by atoms with E-state index in [4.69, 9.17) is 4.74 Å². The summed E-state index contributed by atoms with van der Waals surface area (Å²) >= 11 is 0. The van der Waals surface area contributed by atoms with Crippen LogP contribution >= 0.6 is 0 Å². The summed E-state index contributed by atoms with van der Waals surface area (Å²) in [6, 6.07) is 2.01. The van der Waals surface area contributed by atoms with Gasteiger partial charge in [0, 0.05) is 24.8 Å². The minimum atomic E-state index is -4.74. The van der Waals surface area contributed by atoms with E-state index in [1.54, 1.807) is 20.9 Å². The smallest absolute Gasteiger partial charge is 0.416 e. The molecule has 7 nitrogen and oxygen atoms in total. The number of carbonyl (C=O) groups is 2. The maximum atomic E-state index is 13.4. The van der Waals surface area contributed by atoms with E-state index < -0.39 is 44.5 Å². The zero-order valence-corrected chi connectivity index (χ0v) is 19.7. The van der Waals surface area contributed by atoms with Gasteiger partial charge in [-0.3, -0.25) is 4.79 Å². The van der Waals surface area contributed by atoms with Crippen LogP contribution in [0.4, 0.5) is 13.2 Å². The number of sulfonamides is 1. The number of nitrogens with zero attached hydrogens (tertiary/aromatic N) is 2. The minimum Gasteiger partial charge on any atom is -0.464 e. The molecule has 0 aliphatic carbocycles. The van der Waals surface area contributed by atoms with Crippen molar-refractivity contribution in [3.8, 4) is 0 Å². The SMILES string of the molecule is C=CCN(C(C)C(=O)c1c(C)c(C(=O)OC)n(C)c1C)S(=O)(=O)c1cccc(C(F)(F)F)c1. The number of Topliss-reactive ketones (excluding diaryl/α,β-unsaturated/α-hetero) is 1. The lowest BCUT2D eigenvalue weighted by molar-refractivity contribution is -0.137. The highest BCUT2D eigenvalue weighted by Gasteiger charge is 2.37. The molecule has 1 aromatic carbocycles. The number of halogens is 3. The standard InChI is InChI=1S/C22H25F3N2O5S/c1-7-11-27(33(30,31)17-10-8-9-16(12-17)22(23,24)25)15(4)20(28)18-13(2)19(21(29)32-6)26(5)14(18)3/h7-10,12,15H,1,11H2,2-6H3. The number of benzene rings is 1. The van der Waals surface area contributed by atoms with E-state index >= 15 is 0 Å². The van der Waals surface area contributed by atoms with E-state index in [0.29, 0.717) is 17.3 Å². The predicted molar refractivity (Wildman–Crippen MR) is 116 cm³/mol. The van der Waals surface area contributed by atoms with E-state index in [1.165, 1.54) is 24.7 Å². The summed E-state index contributed by atoms with van der Waals surface area (Å²) in [6.45, 7) is 7.65. The van der Waals surface area contributed by atoms with Gasteiger partial charge in [0.15, 0.2) is 5.78 Å². The maximum Gasteiger partial charge on any atom is 0.416 e. The Balaban J connectivity index is 2.58. The van der Waals surface area contributed by atoms with Crippen molar-refractivity contribution in [1.29, 1.82) is 0 Å². The summed E-state index contributed by atoms with van der Waals surface area (Å²) < 4.78 is 72.9. The lowest BCUT2D eigenvalue weighted by atomic mass is 10.0. The number of hydrogen-bond donors (Lipinski definition) is 0. The number of methoxy groups -OCH3 is 1. The minimum absolute atomic E-state index is 0.138. The lowest BCUT2D eigenvalue weighted by Crippen LogP contribution is -2.43. The molecule has 2 rings (SSSR count). The molecule has 1 atom stereocenters. The first-order valence-corrected chi connectivity index (χ1v) is 11.2. The second kappa shape index (κ2) is 9.52. The predicted octanol–water partition coefficient (Wildman–Crippen LogP) is 3.90. The molecule has 0 bridgehead atoms. The molecule has 1 aromatic heterocycles. The Bertz CT molecular complexity index is 1200. The van der Waals surface area contributed by atoms with Crippen molar-refractivity contribution < 1.29 is 35.9 Å². The average Bonchev–Trinajstić information content (AvgIpc) is 2.98. The highest BCUT2D eigenvalue weighted by atomic mass is 32.2. The van der Waals surface area contributed by atoms with Crippen LogP contribution in [0.2, 0.25) is 0 Å². The summed E-state index contributed by atoms with van der Waals surface area (Å²) in [5, 5.41) is 0. The molecule has 1 heterocycles. The van der Waals surface area contributed by atoms with E-state index in [0.717, 1.165) is 22.5 Å². The summed E-state index contributed by atoms with van der Waals surface area (Å²) in [4.78, 5) is 24.9. The van der Waals surface area contributed by atoms with Gasteiger partial charge in [0.05, 0.1) is 23.6 Å². The number of rotatable bonds is 8. The Kier molecular flexibility index (Phi) is 7.60. The van der Waals surface area contributed by atoms with Crippen molar-refractivity contribution in [3.05, 3.63) is 65.0 Å². The fourth-order valence-electron chi connectivity index (χ4n) is 3.63. The number of aromatic nitrogens is 1. The molecule has 0 fully saturated rings. The molecule has 33 heavy (non-hydrogen) atoms. The molecule has 0 saturated carbocycles. The first-order valence-electron chi connectivity index (χ1n) is 9.78. The molecular weight excluding hydrogens is 461 g/mol. The summed E-state index contributed by atoms with van der Waals surface area (Å²) in [5.41, 5.74) is -0.118. The van der Waals surface area contributed by atoms with Gasteiger partial charge in [-0.1, -0.05) is 12.1 Å². The van der Waals surface area contributed by atoms with Crippen LogP contribution in [0.5, 0.6) is 0 Å². The van der Waals surface area contributed by atoms with Crippen LogP contribution in [0.3, 0.4) is 0 Å². The van der Waals surface area contributed by atoms with Gasteiger partial charge in [-0.25, -0.2) is 13.2 Å². The maximum absolute atomic E-state index is 13.4. The number of ketones is 1. The van der Waals surface area contributed by atoms with E-state index in [9.17, 15) is 31.2 Å². The van der Waals surface area contributed by atoms with Crippen LogP contribution in [-0.4, -0.2) is 48.7 Å². The van der Waals surface area contributed by atoms with Crippen molar-refractivity contribution in [2.24, 2.45) is 7.05 Å². The molecule has 0 aliphatic heterocycles. The van der Waals surface area contributed by atoms with Gasteiger partial charge in [0.25, 0.3) is 0 Å². The van der Waals surface area contributed by atoms with Gasteiger partial charge in [-0.15, -0.1) is 6.58 Å². The van der Waals surface area contributed by atoms with Crippen molar-refractivity contribution in [1.82, 2.24) is 8.87 Å². The summed E-state index contributed by atoms with van der Waals surface area (Å²) in [7, 11) is -1.74. The molecule has 11 heteroatoms. The summed E-state index contributed by atoms with van der Waals surface area (Å²) in [6.07, 6.45) is -3.50. The molecule has 0 spiro atoms. The topological polar surface area (TPSA) is 85.7 Å². The third kappa shape index (κ3) is 4.88. The number of ether oxygens (including phenoxy) is 1.